The molecule has 0 amide bonds. The summed E-state index contributed by atoms with van der Waals surface area (Å²) in [5, 5.41) is 15.5. The Morgan fingerprint density at radius 1 is 1.62 bits per heavy atom. The van der Waals surface area contributed by atoms with Crippen molar-refractivity contribution in [3.63, 3.8) is 0 Å². The molecule has 6 heteroatoms. The van der Waals surface area contributed by atoms with Gasteiger partial charge in [0.2, 0.25) is 0 Å². The quantitative estimate of drug-likeness (QED) is 0.671. The molecule has 4 N–H and O–H groups in total. The first-order valence-corrected chi connectivity index (χ1v) is 5.08. The lowest BCUT2D eigenvalue weighted by Gasteiger charge is -2.15. The zero-order valence-corrected chi connectivity index (χ0v) is 9.65. The average Bonchev–Trinajstić information content (AvgIpc) is 2.54. The highest BCUT2D eigenvalue weighted by Gasteiger charge is 2.18. The number of carboxylic acids is 1. The van der Waals surface area contributed by atoms with Crippen molar-refractivity contribution in [3.8, 4) is 0 Å². The second-order valence-electron chi connectivity index (χ2n) is 3.81. The van der Waals surface area contributed by atoms with E-state index in [0.29, 0.717) is 0 Å². The number of rotatable bonds is 5. The molecule has 0 saturated carbocycles. The molecule has 2 unspecified atom stereocenters. The number of carboxylic acid groups (broad SMARTS) is 1. The first-order valence-electron chi connectivity index (χ1n) is 5.08. The molecule has 0 aliphatic rings. The maximum Gasteiger partial charge on any atom is 0.321 e. The molecule has 1 aromatic rings. The van der Waals surface area contributed by atoms with E-state index in [2.05, 4.69) is 10.5 Å². The number of aromatic nitrogens is 1. The summed E-state index contributed by atoms with van der Waals surface area (Å²) in [6.45, 7) is 5.80. The van der Waals surface area contributed by atoms with Crippen molar-refractivity contribution in [2.45, 2.75) is 32.9 Å². The zero-order valence-electron chi connectivity index (χ0n) is 9.65. The Labute approximate surface area is 93.8 Å². The lowest BCUT2D eigenvalue weighted by atomic mass is 10.1. The summed E-state index contributed by atoms with van der Waals surface area (Å²) in [5.41, 5.74) is 7.16. The van der Waals surface area contributed by atoms with E-state index in [1.54, 1.807) is 0 Å². The third-order valence-corrected chi connectivity index (χ3v) is 2.48. The fourth-order valence-electron chi connectivity index (χ4n) is 1.60. The van der Waals surface area contributed by atoms with Crippen LogP contribution in [-0.2, 0) is 4.79 Å². The molecule has 0 aliphatic carbocycles. The number of aryl methyl sites for hydroxylation is 2. The van der Waals surface area contributed by atoms with Gasteiger partial charge >= 0.3 is 5.97 Å². The van der Waals surface area contributed by atoms with Crippen molar-refractivity contribution in [1.82, 2.24) is 10.5 Å². The minimum atomic E-state index is -1.02. The van der Waals surface area contributed by atoms with E-state index in [-0.39, 0.29) is 12.6 Å². The third kappa shape index (κ3) is 2.80. The van der Waals surface area contributed by atoms with Crippen LogP contribution in [-0.4, -0.2) is 28.8 Å². The van der Waals surface area contributed by atoms with Crippen LogP contribution in [0.3, 0.4) is 0 Å². The first-order chi connectivity index (χ1) is 7.43. The zero-order chi connectivity index (χ0) is 12.3. The second-order valence-corrected chi connectivity index (χ2v) is 3.81. The molecule has 1 rings (SSSR count). The van der Waals surface area contributed by atoms with Crippen molar-refractivity contribution >= 4 is 5.97 Å². The Morgan fingerprint density at radius 2 is 2.25 bits per heavy atom. The number of nitrogens with one attached hydrogen (secondary N) is 1. The van der Waals surface area contributed by atoms with E-state index in [1.165, 1.54) is 0 Å². The fraction of sp³-hybridized carbons (Fsp3) is 0.600. The van der Waals surface area contributed by atoms with Crippen LogP contribution in [0.15, 0.2) is 4.52 Å². The van der Waals surface area contributed by atoms with Gasteiger partial charge < -0.3 is 20.7 Å². The summed E-state index contributed by atoms with van der Waals surface area (Å²) >= 11 is 0. The smallest absolute Gasteiger partial charge is 0.321 e. The van der Waals surface area contributed by atoms with Gasteiger partial charge in [-0.1, -0.05) is 5.16 Å². The molecule has 0 aromatic carbocycles. The molecule has 2 atom stereocenters. The number of nitrogens with zero attached hydrogens (tertiary/aromatic N) is 1. The van der Waals surface area contributed by atoms with Gasteiger partial charge in [-0.3, -0.25) is 4.79 Å². The average molecular weight is 227 g/mol. The molecule has 0 radical (unpaired) electrons. The van der Waals surface area contributed by atoms with Crippen molar-refractivity contribution < 1.29 is 14.4 Å². The number of hydrogen-bond donors (Lipinski definition) is 3. The molecular weight excluding hydrogens is 210 g/mol. The molecule has 0 fully saturated rings. The Balaban J connectivity index is 2.59. The maximum atomic E-state index is 10.5. The van der Waals surface area contributed by atoms with Crippen molar-refractivity contribution in [3.05, 3.63) is 17.0 Å². The standard InChI is InChI=1S/C10H17N3O3/c1-5(12-4-8(11)10(14)15)9-6(2)13-16-7(9)3/h5,8,12H,4,11H2,1-3H3,(H,14,15). The number of carbonyl (C=O) groups is 1. The maximum absolute atomic E-state index is 10.5. The lowest BCUT2D eigenvalue weighted by molar-refractivity contribution is -0.138. The highest BCUT2D eigenvalue weighted by atomic mass is 16.5. The topological polar surface area (TPSA) is 101 Å². The Hall–Kier alpha value is -1.40. The molecule has 0 saturated heterocycles. The Bertz CT molecular complexity index is 356. The molecular formula is C10H17N3O3. The molecule has 0 bridgehead atoms. The van der Waals surface area contributed by atoms with Gasteiger partial charge in [0.15, 0.2) is 0 Å². The number of hydrogen-bond acceptors (Lipinski definition) is 5. The Kier molecular flexibility index (Phi) is 4.03. The number of aliphatic carboxylic acids is 1. The summed E-state index contributed by atoms with van der Waals surface area (Å²) in [4.78, 5) is 10.5. The monoisotopic (exact) mass is 227 g/mol. The van der Waals surface area contributed by atoms with E-state index in [4.69, 9.17) is 15.4 Å². The third-order valence-electron chi connectivity index (χ3n) is 2.48. The van der Waals surface area contributed by atoms with Gasteiger partial charge in [-0.05, 0) is 20.8 Å². The van der Waals surface area contributed by atoms with E-state index < -0.39 is 12.0 Å². The molecule has 6 nitrogen and oxygen atoms in total. The Morgan fingerprint density at radius 3 is 2.69 bits per heavy atom. The van der Waals surface area contributed by atoms with Crippen LogP contribution in [0.1, 0.15) is 30.0 Å². The van der Waals surface area contributed by atoms with E-state index in [0.717, 1.165) is 17.0 Å². The van der Waals surface area contributed by atoms with Crippen molar-refractivity contribution in [2.24, 2.45) is 5.73 Å². The van der Waals surface area contributed by atoms with Crippen molar-refractivity contribution in [2.75, 3.05) is 6.54 Å². The highest BCUT2D eigenvalue weighted by molar-refractivity contribution is 5.73. The SMILES string of the molecule is Cc1noc(C)c1C(C)NCC(N)C(=O)O. The van der Waals surface area contributed by atoms with Crippen molar-refractivity contribution in [1.29, 1.82) is 0 Å². The van der Waals surface area contributed by atoms with Gasteiger partial charge in [-0.15, -0.1) is 0 Å². The van der Waals surface area contributed by atoms with Gasteiger partial charge in [-0.25, -0.2) is 0 Å². The molecule has 0 aliphatic heterocycles. The largest absolute Gasteiger partial charge is 0.480 e. The van der Waals surface area contributed by atoms with Gasteiger partial charge in [0.1, 0.15) is 11.8 Å². The van der Waals surface area contributed by atoms with Gasteiger partial charge in [0, 0.05) is 18.2 Å². The first kappa shape index (κ1) is 12.7. The molecule has 16 heavy (non-hydrogen) atoms. The van der Waals surface area contributed by atoms with Crippen LogP contribution >= 0.6 is 0 Å². The molecule has 0 spiro atoms. The van der Waals surface area contributed by atoms with Gasteiger partial charge in [0.05, 0.1) is 5.69 Å². The summed E-state index contributed by atoms with van der Waals surface area (Å²) in [6, 6.07) is -0.931. The predicted octanol–water partition coefficient (Wildman–Crippen LogP) is 0.354. The van der Waals surface area contributed by atoms with Crippen LogP contribution in [0.4, 0.5) is 0 Å². The summed E-state index contributed by atoms with van der Waals surface area (Å²) in [6.07, 6.45) is 0. The normalized spacial score (nSPS) is 14.8. The predicted molar refractivity (Wildman–Crippen MR) is 58.0 cm³/mol. The fourth-order valence-corrected chi connectivity index (χ4v) is 1.60. The summed E-state index contributed by atoms with van der Waals surface area (Å²) in [5.74, 6) is -0.278. The van der Waals surface area contributed by atoms with Crippen LogP contribution in [0.25, 0.3) is 0 Å². The van der Waals surface area contributed by atoms with Gasteiger partial charge in [-0.2, -0.15) is 0 Å². The highest BCUT2D eigenvalue weighted by Crippen LogP contribution is 2.20. The van der Waals surface area contributed by atoms with Gasteiger partial charge in [0.25, 0.3) is 0 Å². The summed E-state index contributed by atoms with van der Waals surface area (Å²) < 4.78 is 5.03. The number of nitrogens with two attached hydrogens (primary N) is 1. The van der Waals surface area contributed by atoms with E-state index >= 15 is 0 Å². The summed E-state index contributed by atoms with van der Waals surface area (Å²) in [7, 11) is 0. The molecule has 90 valence electrons. The minimum Gasteiger partial charge on any atom is -0.480 e. The van der Waals surface area contributed by atoms with E-state index in [1.807, 2.05) is 20.8 Å². The minimum absolute atomic E-state index is 0.0309. The molecule has 1 heterocycles. The van der Waals surface area contributed by atoms with Crippen LogP contribution in [0.2, 0.25) is 0 Å². The molecule has 1 aromatic heterocycles. The lowest BCUT2D eigenvalue weighted by Crippen LogP contribution is -2.41. The second kappa shape index (κ2) is 5.09. The van der Waals surface area contributed by atoms with E-state index in [9.17, 15) is 4.79 Å². The van der Waals surface area contributed by atoms with Crippen LogP contribution in [0.5, 0.6) is 0 Å². The van der Waals surface area contributed by atoms with Crippen LogP contribution in [0, 0.1) is 13.8 Å². The van der Waals surface area contributed by atoms with Crippen LogP contribution < -0.4 is 11.1 Å².